The average Bonchev–Trinajstić information content (AvgIpc) is 2.54. The Kier molecular flexibility index (Phi) is 2.49. The number of hydrogen-bond acceptors (Lipinski definition) is 4. The van der Waals surface area contributed by atoms with Crippen LogP contribution in [0.1, 0.15) is 11.8 Å². The van der Waals surface area contributed by atoms with Gasteiger partial charge in [0.05, 0.1) is 0 Å². The van der Waals surface area contributed by atoms with Crippen molar-refractivity contribution in [3.63, 3.8) is 0 Å². The summed E-state index contributed by atoms with van der Waals surface area (Å²) in [6.07, 6.45) is 0. The zero-order chi connectivity index (χ0) is 10.1. The Balaban J connectivity index is 3.21. The second-order valence-corrected chi connectivity index (χ2v) is 3.59. The smallest absolute Gasteiger partial charge is 0.337 e. The number of rotatable bonds is 3. The molecule has 1 rings (SSSR count). The number of hydrogen-bond donors (Lipinski definition) is 2. The Morgan fingerprint density at radius 3 is 2.54 bits per heavy atom. The highest BCUT2D eigenvalue weighted by Gasteiger charge is 2.42. The highest BCUT2D eigenvalue weighted by molar-refractivity contribution is 7.10. The third kappa shape index (κ3) is 1.48. The summed E-state index contributed by atoms with van der Waals surface area (Å²) in [6.45, 7) is 1.17. The van der Waals surface area contributed by atoms with Gasteiger partial charge < -0.3 is 10.8 Å². The quantitative estimate of drug-likeness (QED) is 0.697. The molecule has 70 valence electrons. The van der Waals surface area contributed by atoms with Crippen LogP contribution in [0.25, 0.3) is 0 Å². The van der Waals surface area contributed by atoms with Crippen molar-refractivity contribution >= 4 is 23.1 Å². The van der Waals surface area contributed by atoms with Gasteiger partial charge in [-0.3, -0.25) is 4.79 Å². The lowest BCUT2D eigenvalue weighted by Crippen LogP contribution is -2.50. The molecule has 0 aliphatic heterocycles. The normalized spacial score (nSPS) is 14.9. The molecule has 0 aromatic carbocycles. The maximum atomic E-state index is 11.1. The predicted octanol–water partition coefficient (Wildman–Crippen LogP) is 0.576. The fourth-order valence-corrected chi connectivity index (χ4v) is 1.81. The number of Topliss-reactive ketones (excluding diaryl/α,β-unsaturated/α-hetero) is 1. The maximum absolute atomic E-state index is 11.1. The van der Waals surface area contributed by atoms with E-state index in [1.165, 1.54) is 6.92 Å². The predicted molar refractivity (Wildman–Crippen MR) is 48.5 cm³/mol. The lowest BCUT2D eigenvalue weighted by molar-refractivity contribution is -0.148. The van der Waals surface area contributed by atoms with Crippen molar-refractivity contribution in [1.82, 2.24) is 0 Å². The van der Waals surface area contributed by atoms with E-state index in [0.29, 0.717) is 4.88 Å². The average molecular weight is 199 g/mol. The fourth-order valence-electron chi connectivity index (χ4n) is 0.932. The molecule has 0 saturated carbocycles. The summed E-state index contributed by atoms with van der Waals surface area (Å²) in [5.41, 5.74) is 3.63. The van der Waals surface area contributed by atoms with Gasteiger partial charge >= 0.3 is 5.97 Å². The first kappa shape index (κ1) is 9.88. The van der Waals surface area contributed by atoms with Gasteiger partial charge in [0.25, 0.3) is 0 Å². The van der Waals surface area contributed by atoms with Gasteiger partial charge in [-0.25, -0.2) is 4.79 Å². The summed E-state index contributed by atoms with van der Waals surface area (Å²) in [4.78, 5) is 22.3. The van der Waals surface area contributed by atoms with Crippen LogP contribution in [-0.2, 0) is 15.1 Å². The number of thiophene rings is 1. The first-order chi connectivity index (χ1) is 5.99. The summed E-state index contributed by atoms with van der Waals surface area (Å²) in [5, 5.41) is 10.5. The largest absolute Gasteiger partial charge is 0.479 e. The molecule has 0 aliphatic rings. The summed E-state index contributed by atoms with van der Waals surface area (Å²) in [7, 11) is 0. The molecule has 5 heteroatoms. The number of ketones is 1. The Hall–Kier alpha value is -1.20. The zero-order valence-electron chi connectivity index (χ0n) is 6.98. The van der Waals surface area contributed by atoms with Crippen LogP contribution in [0.15, 0.2) is 17.5 Å². The monoisotopic (exact) mass is 199 g/mol. The topological polar surface area (TPSA) is 80.4 Å². The van der Waals surface area contributed by atoms with Crippen LogP contribution in [0.5, 0.6) is 0 Å². The molecule has 0 bridgehead atoms. The molecule has 1 heterocycles. The Morgan fingerprint density at radius 2 is 2.23 bits per heavy atom. The van der Waals surface area contributed by atoms with Crippen LogP contribution in [0.3, 0.4) is 0 Å². The van der Waals surface area contributed by atoms with E-state index in [0.717, 1.165) is 11.3 Å². The number of carbonyl (C=O) groups is 2. The molecule has 1 atom stereocenters. The lowest BCUT2D eigenvalue weighted by atomic mass is 9.94. The standard InChI is InChI=1S/C8H9NO3S/c1-5(10)8(9,7(11)12)6-3-2-4-13-6/h2-4H,9H2,1H3,(H,11,12). The molecule has 1 aromatic heterocycles. The van der Waals surface area contributed by atoms with Crippen molar-refractivity contribution in [1.29, 1.82) is 0 Å². The Labute approximate surface area is 79.0 Å². The molecule has 13 heavy (non-hydrogen) atoms. The minimum absolute atomic E-state index is 0.354. The first-order valence-corrected chi connectivity index (χ1v) is 4.45. The minimum atomic E-state index is -1.88. The molecular formula is C8H9NO3S. The highest BCUT2D eigenvalue weighted by Crippen LogP contribution is 2.24. The molecule has 0 spiro atoms. The van der Waals surface area contributed by atoms with Crippen molar-refractivity contribution in [2.45, 2.75) is 12.5 Å². The van der Waals surface area contributed by atoms with Gasteiger partial charge in [-0.15, -0.1) is 11.3 Å². The molecule has 0 radical (unpaired) electrons. The molecule has 0 fully saturated rings. The van der Waals surface area contributed by atoms with Gasteiger partial charge in [-0.05, 0) is 18.4 Å². The van der Waals surface area contributed by atoms with Crippen LogP contribution in [0.2, 0.25) is 0 Å². The number of carboxylic acid groups (broad SMARTS) is 1. The van der Waals surface area contributed by atoms with Crippen molar-refractivity contribution in [2.24, 2.45) is 5.73 Å². The Bertz CT molecular complexity index is 317. The van der Waals surface area contributed by atoms with E-state index in [2.05, 4.69) is 0 Å². The zero-order valence-corrected chi connectivity index (χ0v) is 7.80. The Morgan fingerprint density at radius 1 is 1.62 bits per heavy atom. The number of aliphatic carboxylic acids is 1. The van der Waals surface area contributed by atoms with E-state index in [1.54, 1.807) is 17.5 Å². The summed E-state index contributed by atoms with van der Waals surface area (Å²) in [6, 6.07) is 3.20. The molecular weight excluding hydrogens is 190 g/mol. The second kappa shape index (κ2) is 3.27. The van der Waals surface area contributed by atoms with Crippen LogP contribution in [0.4, 0.5) is 0 Å². The third-order valence-electron chi connectivity index (χ3n) is 1.80. The molecule has 0 amide bonds. The van der Waals surface area contributed by atoms with Crippen molar-refractivity contribution in [2.75, 3.05) is 0 Å². The number of nitrogens with two attached hydrogens (primary N) is 1. The van der Waals surface area contributed by atoms with E-state index in [1.807, 2.05) is 0 Å². The molecule has 1 aromatic rings. The molecule has 4 nitrogen and oxygen atoms in total. The summed E-state index contributed by atoms with van der Waals surface area (Å²) in [5.74, 6) is -1.88. The molecule has 0 saturated heterocycles. The van der Waals surface area contributed by atoms with Crippen molar-refractivity contribution < 1.29 is 14.7 Å². The SMILES string of the molecule is CC(=O)C(N)(C(=O)O)c1cccs1. The van der Waals surface area contributed by atoms with E-state index in [9.17, 15) is 9.59 Å². The van der Waals surface area contributed by atoms with Gasteiger partial charge in [0.15, 0.2) is 5.78 Å². The van der Waals surface area contributed by atoms with Crippen LogP contribution >= 0.6 is 11.3 Å². The van der Waals surface area contributed by atoms with Gasteiger partial charge in [-0.1, -0.05) is 6.07 Å². The fraction of sp³-hybridized carbons (Fsp3) is 0.250. The minimum Gasteiger partial charge on any atom is -0.479 e. The highest BCUT2D eigenvalue weighted by atomic mass is 32.1. The molecule has 0 aliphatic carbocycles. The summed E-state index contributed by atoms with van der Waals surface area (Å²) < 4.78 is 0. The molecule has 3 N–H and O–H groups in total. The van der Waals surface area contributed by atoms with Crippen LogP contribution < -0.4 is 5.73 Å². The molecule has 1 unspecified atom stereocenters. The van der Waals surface area contributed by atoms with Crippen molar-refractivity contribution in [3.8, 4) is 0 Å². The van der Waals surface area contributed by atoms with E-state index in [4.69, 9.17) is 10.8 Å². The second-order valence-electron chi connectivity index (χ2n) is 2.65. The van der Waals surface area contributed by atoms with E-state index < -0.39 is 17.3 Å². The maximum Gasteiger partial charge on any atom is 0.337 e. The number of carboxylic acids is 1. The van der Waals surface area contributed by atoms with E-state index in [-0.39, 0.29) is 0 Å². The third-order valence-corrected chi connectivity index (χ3v) is 2.81. The van der Waals surface area contributed by atoms with Gasteiger partial charge in [0, 0.05) is 4.88 Å². The summed E-state index contributed by atoms with van der Waals surface area (Å²) >= 11 is 1.16. The first-order valence-electron chi connectivity index (χ1n) is 3.57. The van der Waals surface area contributed by atoms with Crippen LogP contribution in [0, 0.1) is 0 Å². The number of carbonyl (C=O) groups excluding carboxylic acids is 1. The lowest BCUT2D eigenvalue weighted by Gasteiger charge is -2.19. The van der Waals surface area contributed by atoms with Crippen LogP contribution in [-0.4, -0.2) is 16.9 Å². The van der Waals surface area contributed by atoms with Gasteiger partial charge in [0.2, 0.25) is 5.54 Å². The van der Waals surface area contributed by atoms with Gasteiger partial charge in [-0.2, -0.15) is 0 Å². The van der Waals surface area contributed by atoms with Crippen molar-refractivity contribution in [3.05, 3.63) is 22.4 Å². The van der Waals surface area contributed by atoms with Gasteiger partial charge in [0.1, 0.15) is 0 Å². The van der Waals surface area contributed by atoms with E-state index >= 15 is 0 Å².